The van der Waals surface area contributed by atoms with Crippen molar-refractivity contribution in [1.29, 1.82) is 0 Å². The first-order chi connectivity index (χ1) is 11.4. The van der Waals surface area contributed by atoms with Crippen LogP contribution in [0.1, 0.15) is 5.56 Å². The van der Waals surface area contributed by atoms with E-state index in [2.05, 4.69) is 5.32 Å². The molecule has 0 heterocycles. The van der Waals surface area contributed by atoms with E-state index in [9.17, 15) is 13.2 Å². The fourth-order valence-electron chi connectivity index (χ4n) is 1.98. The monoisotopic (exact) mass is 364 g/mol. The largest absolute Gasteiger partial charge is 0.325 e. The van der Waals surface area contributed by atoms with Crippen LogP contribution < -0.4 is 5.32 Å². The SMILES string of the molecule is CN(C)S(=O)(=O)c1cccc(NC(=O)CSCc2ccccc2)c1. The fraction of sp³-hybridized carbons (Fsp3) is 0.235. The minimum Gasteiger partial charge on any atom is -0.325 e. The quantitative estimate of drug-likeness (QED) is 0.820. The lowest BCUT2D eigenvalue weighted by atomic mass is 10.2. The second kappa shape index (κ2) is 8.32. The molecule has 7 heteroatoms. The number of benzene rings is 2. The highest BCUT2D eigenvalue weighted by Crippen LogP contribution is 2.18. The lowest BCUT2D eigenvalue weighted by Crippen LogP contribution is -2.22. The van der Waals surface area contributed by atoms with E-state index in [1.807, 2.05) is 30.3 Å². The van der Waals surface area contributed by atoms with E-state index in [0.29, 0.717) is 11.4 Å². The Morgan fingerprint density at radius 3 is 2.46 bits per heavy atom. The summed E-state index contributed by atoms with van der Waals surface area (Å²) in [5.41, 5.74) is 1.64. The number of hydrogen-bond acceptors (Lipinski definition) is 4. The van der Waals surface area contributed by atoms with Crippen LogP contribution in [0.4, 0.5) is 5.69 Å². The van der Waals surface area contributed by atoms with Gasteiger partial charge in [-0.05, 0) is 23.8 Å². The van der Waals surface area contributed by atoms with Gasteiger partial charge in [-0.25, -0.2) is 12.7 Å². The molecule has 0 aliphatic rings. The first-order valence-electron chi connectivity index (χ1n) is 7.34. The smallest absolute Gasteiger partial charge is 0.242 e. The fourth-order valence-corrected chi connectivity index (χ4v) is 3.71. The average Bonchev–Trinajstić information content (AvgIpc) is 2.56. The molecule has 0 bridgehead atoms. The Hall–Kier alpha value is -1.83. The molecule has 1 amide bonds. The van der Waals surface area contributed by atoms with E-state index in [1.165, 1.54) is 38.0 Å². The summed E-state index contributed by atoms with van der Waals surface area (Å²) in [5, 5.41) is 2.74. The zero-order valence-electron chi connectivity index (χ0n) is 13.6. The first kappa shape index (κ1) is 18.5. The zero-order valence-corrected chi connectivity index (χ0v) is 15.2. The Balaban J connectivity index is 1.92. The van der Waals surface area contributed by atoms with E-state index in [-0.39, 0.29) is 10.8 Å². The number of nitrogens with one attached hydrogen (secondary N) is 1. The molecule has 1 N–H and O–H groups in total. The number of sulfonamides is 1. The van der Waals surface area contributed by atoms with Gasteiger partial charge >= 0.3 is 0 Å². The molecule has 0 unspecified atom stereocenters. The van der Waals surface area contributed by atoms with Crippen LogP contribution in [0.15, 0.2) is 59.5 Å². The van der Waals surface area contributed by atoms with Crippen molar-refractivity contribution in [3.8, 4) is 0 Å². The lowest BCUT2D eigenvalue weighted by Gasteiger charge is -2.12. The third-order valence-corrected chi connectivity index (χ3v) is 6.06. The summed E-state index contributed by atoms with van der Waals surface area (Å²) in [6, 6.07) is 16.2. The molecule has 2 aromatic rings. The van der Waals surface area contributed by atoms with E-state index in [4.69, 9.17) is 0 Å². The van der Waals surface area contributed by atoms with E-state index in [0.717, 1.165) is 15.6 Å². The second-order valence-electron chi connectivity index (χ2n) is 5.34. The molecule has 0 fully saturated rings. The summed E-state index contributed by atoms with van der Waals surface area (Å²) in [6.07, 6.45) is 0. The summed E-state index contributed by atoms with van der Waals surface area (Å²) < 4.78 is 25.4. The van der Waals surface area contributed by atoms with Crippen molar-refractivity contribution in [3.63, 3.8) is 0 Å². The van der Waals surface area contributed by atoms with Crippen molar-refractivity contribution in [3.05, 3.63) is 60.2 Å². The summed E-state index contributed by atoms with van der Waals surface area (Å²) in [5.74, 6) is 0.901. The molecule has 0 atom stereocenters. The molecule has 0 spiro atoms. The van der Waals surface area contributed by atoms with Crippen molar-refractivity contribution in [2.45, 2.75) is 10.6 Å². The van der Waals surface area contributed by atoms with Gasteiger partial charge in [0.25, 0.3) is 0 Å². The molecule has 2 aromatic carbocycles. The van der Waals surface area contributed by atoms with Crippen molar-refractivity contribution < 1.29 is 13.2 Å². The molecular weight excluding hydrogens is 344 g/mol. The highest BCUT2D eigenvalue weighted by molar-refractivity contribution is 7.99. The number of hydrogen-bond donors (Lipinski definition) is 1. The molecule has 5 nitrogen and oxygen atoms in total. The highest BCUT2D eigenvalue weighted by Gasteiger charge is 2.17. The van der Waals surface area contributed by atoms with Crippen molar-refractivity contribution in [1.82, 2.24) is 4.31 Å². The van der Waals surface area contributed by atoms with Crippen molar-refractivity contribution in [2.24, 2.45) is 0 Å². The standard InChI is InChI=1S/C17H20N2O3S2/c1-19(2)24(21,22)16-10-6-9-15(11-16)18-17(20)13-23-12-14-7-4-3-5-8-14/h3-11H,12-13H2,1-2H3,(H,18,20). The molecule has 24 heavy (non-hydrogen) atoms. The van der Waals surface area contributed by atoms with Gasteiger partial charge in [0.1, 0.15) is 0 Å². The molecule has 2 rings (SSSR count). The van der Waals surface area contributed by atoms with Crippen LogP contribution in [0.5, 0.6) is 0 Å². The number of thioether (sulfide) groups is 1. The maximum absolute atomic E-state index is 12.1. The molecule has 0 saturated heterocycles. The van der Waals surface area contributed by atoms with Gasteiger partial charge in [0, 0.05) is 25.5 Å². The second-order valence-corrected chi connectivity index (χ2v) is 8.48. The third-order valence-electron chi connectivity index (χ3n) is 3.24. The van der Waals surface area contributed by atoms with Gasteiger partial charge in [-0.15, -0.1) is 11.8 Å². The van der Waals surface area contributed by atoms with Crippen LogP contribution in [0.2, 0.25) is 0 Å². The first-order valence-corrected chi connectivity index (χ1v) is 9.93. The maximum atomic E-state index is 12.1. The Morgan fingerprint density at radius 2 is 1.79 bits per heavy atom. The van der Waals surface area contributed by atoms with Gasteiger partial charge in [-0.2, -0.15) is 0 Å². The van der Waals surface area contributed by atoms with Crippen LogP contribution in [-0.4, -0.2) is 38.5 Å². The summed E-state index contributed by atoms with van der Waals surface area (Å²) in [6.45, 7) is 0. The van der Waals surface area contributed by atoms with Gasteiger partial charge in [-0.1, -0.05) is 36.4 Å². The third kappa shape index (κ3) is 5.09. The Kier molecular flexibility index (Phi) is 6.42. The predicted molar refractivity (Wildman–Crippen MR) is 98.5 cm³/mol. The van der Waals surface area contributed by atoms with Gasteiger partial charge < -0.3 is 5.32 Å². The number of rotatable bonds is 7. The van der Waals surface area contributed by atoms with Crippen molar-refractivity contribution in [2.75, 3.05) is 25.2 Å². The summed E-state index contributed by atoms with van der Waals surface area (Å²) in [4.78, 5) is 12.2. The van der Waals surface area contributed by atoms with Gasteiger partial charge in [0.2, 0.25) is 15.9 Å². The minimum absolute atomic E-state index is 0.155. The van der Waals surface area contributed by atoms with Gasteiger partial charge in [-0.3, -0.25) is 4.79 Å². The van der Waals surface area contributed by atoms with E-state index in [1.54, 1.807) is 12.1 Å². The molecule has 0 aliphatic heterocycles. The maximum Gasteiger partial charge on any atom is 0.242 e. The highest BCUT2D eigenvalue weighted by atomic mass is 32.2. The molecular formula is C17H20N2O3S2. The Morgan fingerprint density at radius 1 is 1.08 bits per heavy atom. The van der Waals surface area contributed by atoms with Crippen LogP contribution in [0.25, 0.3) is 0 Å². The predicted octanol–water partition coefficient (Wildman–Crippen LogP) is 2.81. The van der Waals surface area contributed by atoms with Crippen LogP contribution in [-0.2, 0) is 20.6 Å². The normalized spacial score (nSPS) is 11.5. The number of anilines is 1. The Labute approximate surface area is 147 Å². The number of carbonyl (C=O) groups is 1. The molecule has 128 valence electrons. The van der Waals surface area contributed by atoms with E-state index < -0.39 is 10.0 Å². The topological polar surface area (TPSA) is 66.5 Å². The zero-order chi connectivity index (χ0) is 17.6. The van der Waals surface area contributed by atoms with Crippen LogP contribution in [0, 0.1) is 0 Å². The Bertz CT molecular complexity index is 790. The molecule has 0 aliphatic carbocycles. The lowest BCUT2D eigenvalue weighted by molar-refractivity contribution is -0.113. The average molecular weight is 364 g/mol. The van der Waals surface area contributed by atoms with E-state index >= 15 is 0 Å². The van der Waals surface area contributed by atoms with Crippen molar-refractivity contribution >= 4 is 33.4 Å². The van der Waals surface area contributed by atoms with Gasteiger partial charge in [0.05, 0.1) is 10.6 Å². The number of amides is 1. The van der Waals surface area contributed by atoms with Gasteiger partial charge in [0.15, 0.2) is 0 Å². The minimum atomic E-state index is -3.51. The van der Waals surface area contributed by atoms with Crippen LogP contribution in [0.3, 0.4) is 0 Å². The van der Waals surface area contributed by atoms with Crippen LogP contribution >= 0.6 is 11.8 Å². The molecule has 0 aromatic heterocycles. The number of carbonyl (C=O) groups excluding carboxylic acids is 1. The summed E-state index contributed by atoms with van der Waals surface area (Å²) in [7, 11) is -0.565. The number of nitrogens with zero attached hydrogens (tertiary/aromatic N) is 1. The molecule has 0 radical (unpaired) electrons. The summed E-state index contributed by atoms with van der Waals surface area (Å²) >= 11 is 1.51. The molecule has 0 saturated carbocycles.